The van der Waals surface area contributed by atoms with E-state index in [4.69, 9.17) is 5.11 Å². The van der Waals surface area contributed by atoms with Crippen LogP contribution in [0, 0.1) is 5.92 Å². The number of benzene rings is 1. The summed E-state index contributed by atoms with van der Waals surface area (Å²) in [4.78, 5) is 47.8. The zero-order valence-corrected chi connectivity index (χ0v) is 20.1. The lowest BCUT2D eigenvalue weighted by Gasteiger charge is -2.37. The Morgan fingerprint density at radius 2 is 2.22 bits per heavy atom. The number of thiazole rings is 1. The third kappa shape index (κ3) is 4.59. The van der Waals surface area contributed by atoms with Gasteiger partial charge in [-0.3, -0.25) is 19.5 Å². The topological polar surface area (TPSA) is 115 Å². The number of piperidine rings is 1. The number of aliphatic imine (C=N–C) groups is 1. The molecule has 1 aromatic heterocycles. The molecule has 0 spiro atoms. The number of carboxylic acids is 1. The van der Waals surface area contributed by atoms with Gasteiger partial charge in [0.15, 0.2) is 16.5 Å². The maximum absolute atomic E-state index is 16.0. The van der Waals surface area contributed by atoms with Gasteiger partial charge < -0.3 is 15.3 Å². The highest BCUT2D eigenvalue weighted by molar-refractivity contribution is 7.11. The zero-order valence-electron chi connectivity index (χ0n) is 19.3. The van der Waals surface area contributed by atoms with Gasteiger partial charge in [-0.1, -0.05) is 12.1 Å². The lowest BCUT2D eigenvalue weighted by molar-refractivity contribution is -0.132. The first-order chi connectivity index (χ1) is 17.4. The lowest BCUT2D eigenvalue weighted by Crippen LogP contribution is -2.52. The van der Waals surface area contributed by atoms with Crippen molar-refractivity contribution in [3.63, 3.8) is 0 Å². The van der Waals surface area contributed by atoms with Gasteiger partial charge in [0, 0.05) is 73.1 Å². The predicted octanol–water partition coefficient (Wildman–Crippen LogP) is 2.12. The van der Waals surface area contributed by atoms with Crippen LogP contribution in [0.2, 0.25) is 0 Å². The Hall–Kier alpha value is -3.70. The number of alkyl halides is 1. The number of fused-ring (bicyclic) bond motifs is 1. The number of aliphatic carboxylic acids is 1. The third-order valence-electron chi connectivity index (χ3n) is 6.74. The van der Waals surface area contributed by atoms with Crippen LogP contribution >= 0.6 is 11.3 Å². The Bertz CT molecular complexity index is 1290. The molecule has 2 atom stereocenters. The van der Waals surface area contributed by atoms with Crippen molar-refractivity contribution in [2.24, 2.45) is 10.9 Å². The van der Waals surface area contributed by atoms with Gasteiger partial charge in [-0.2, -0.15) is 0 Å². The molecule has 2 saturated heterocycles. The van der Waals surface area contributed by atoms with E-state index in [-0.39, 0.29) is 19.5 Å². The summed E-state index contributed by atoms with van der Waals surface area (Å²) in [6.07, 6.45) is 5.00. The van der Waals surface area contributed by atoms with Crippen LogP contribution in [0.5, 0.6) is 0 Å². The molecular weight excluding hydrogens is 485 g/mol. The molecule has 4 heterocycles. The van der Waals surface area contributed by atoms with E-state index in [9.17, 15) is 14.4 Å². The van der Waals surface area contributed by atoms with Crippen molar-refractivity contribution in [1.29, 1.82) is 0 Å². The molecule has 11 heteroatoms. The molecule has 0 aliphatic carbocycles. The van der Waals surface area contributed by atoms with Crippen LogP contribution in [0.25, 0.3) is 6.08 Å². The first-order valence-electron chi connectivity index (χ1n) is 11.5. The minimum Gasteiger partial charge on any atom is -0.478 e. The minimum atomic E-state index is -1.96. The molecule has 5 rings (SSSR count). The molecule has 3 aliphatic rings. The predicted molar refractivity (Wildman–Crippen MR) is 134 cm³/mol. The molecule has 186 valence electrons. The van der Waals surface area contributed by atoms with Crippen LogP contribution in [0.15, 0.2) is 58.2 Å². The molecule has 2 aromatic rings. The Morgan fingerprint density at radius 1 is 1.36 bits per heavy atom. The number of nitrogens with one attached hydrogen (secondary N) is 1. The molecule has 9 nitrogen and oxygen atoms in total. The van der Waals surface area contributed by atoms with Crippen molar-refractivity contribution < 1.29 is 23.9 Å². The second-order valence-corrected chi connectivity index (χ2v) is 9.87. The SMILES string of the molecule is O=CC1=C(CN2CCC3(F)C(=O)N(c4cccc(/C=C/C(=O)O)c4)CC3C2)NC(c2nccs2)=NC1. The number of carbonyl (C=O) groups excluding carboxylic acids is 2. The van der Waals surface area contributed by atoms with E-state index in [1.165, 1.54) is 22.3 Å². The van der Waals surface area contributed by atoms with Crippen LogP contribution in [-0.4, -0.2) is 77.4 Å². The summed E-state index contributed by atoms with van der Waals surface area (Å²) in [6, 6.07) is 6.85. The summed E-state index contributed by atoms with van der Waals surface area (Å²) in [5.41, 5.74) is 0.452. The van der Waals surface area contributed by atoms with Gasteiger partial charge >= 0.3 is 5.97 Å². The number of aldehydes is 1. The molecule has 0 bridgehead atoms. The van der Waals surface area contributed by atoms with Gasteiger partial charge in [-0.25, -0.2) is 14.2 Å². The number of hydrogen-bond acceptors (Lipinski definition) is 8. The van der Waals surface area contributed by atoms with Crippen molar-refractivity contribution in [2.75, 3.05) is 37.6 Å². The number of aromatic nitrogens is 1. The fourth-order valence-electron chi connectivity index (χ4n) is 4.87. The molecule has 1 amide bonds. The average Bonchev–Trinajstić information content (AvgIpc) is 3.50. The van der Waals surface area contributed by atoms with Gasteiger partial charge in [0.1, 0.15) is 6.29 Å². The van der Waals surface area contributed by atoms with E-state index in [0.717, 1.165) is 23.1 Å². The molecule has 2 fully saturated rings. The summed E-state index contributed by atoms with van der Waals surface area (Å²) >= 11 is 1.45. The van der Waals surface area contributed by atoms with Crippen LogP contribution < -0.4 is 10.2 Å². The minimum absolute atomic E-state index is 0.0583. The van der Waals surface area contributed by atoms with Crippen molar-refractivity contribution >= 4 is 47.1 Å². The fraction of sp³-hybridized carbons (Fsp3) is 0.320. The van der Waals surface area contributed by atoms with Crippen molar-refractivity contribution in [3.05, 3.63) is 63.8 Å². The van der Waals surface area contributed by atoms with Crippen molar-refractivity contribution in [1.82, 2.24) is 15.2 Å². The molecule has 36 heavy (non-hydrogen) atoms. The summed E-state index contributed by atoms with van der Waals surface area (Å²) < 4.78 is 16.0. The monoisotopic (exact) mass is 509 g/mol. The Labute approximate surface area is 210 Å². The fourth-order valence-corrected chi connectivity index (χ4v) is 5.47. The van der Waals surface area contributed by atoms with E-state index in [2.05, 4.69) is 20.2 Å². The normalized spacial score (nSPS) is 24.6. The second-order valence-electron chi connectivity index (χ2n) is 8.98. The highest BCUT2D eigenvalue weighted by Gasteiger charge is 2.57. The summed E-state index contributed by atoms with van der Waals surface area (Å²) in [6.45, 7) is 1.61. The molecule has 2 N–H and O–H groups in total. The first kappa shape index (κ1) is 24.0. The number of rotatable bonds is 7. The van der Waals surface area contributed by atoms with Crippen LogP contribution in [0.3, 0.4) is 0 Å². The number of amides is 1. The van der Waals surface area contributed by atoms with E-state index < -0.39 is 23.5 Å². The van der Waals surface area contributed by atoms with E-state index in [0.29, 0.717) is 42.3 Å². The standard InChI is InChI=1S/C25H24FN5O4S/c26-25-6-8-30(14-20-17(15-32)11-28-22(29-20)23-27-7-9-36-23)12-18(25)13-31(24(25)35)19-3-1-2-16(10-19)4-5-21(33)34/h1-5,7,9-10,15,18H,6,8,11-14H2,(H,28,29)(H,33,34)/b5-4+. The van der Waals surface area contributed by atoms with Gasteiger partial charge in [0.05, 0.1) is 6.54 Å². The zero-order chi connectivity index (χ0) is 25.3. The van der Waals surface area contributed by atoms with Crippen molar-refractivity contribution in [3.8, 4) is 0 Å². The second kappa shape index (κ2) is 9.75. The number of carbonyl (C=O) groups is 3. The van der Waals surface area contributed by atoms with Crippen LogP contribution in [-0.2, 0) is 14.4 Å². The number of carboxylic acid groups (broad SMARTS) is 1. The van der Waals surface area contributed by atoms with Crippen LogP contribution in [0.1, 0.15) is 17.0 Å². The molecule has 0 radical (unpaired) electrons. The number of nitrogens with zero attached hydrogens (tertiary/aromatic N) is 4. The first-order valence-corrected chi connectivity index (χ1v) is 12.4. The van der Waals surface area contributed by atoms with E-state index in [1.807, 2.05) is 5.38 Å². The largest absolute Gasteiger partial charge is 0.478 e. The summed E-state index contributed by atoms with van der Waals surface area (Å²) in [7, 11) is 0. The molecular formula is C25H24FN5O4S. The van der Waals surface area contributed by atoms with Crippen molar-refractivity contribution in [2.45, 2.75) is 12.1 Å². The van der Waals surface area contributed by atoms with E-state index in [1.54, 1.807) is 30.5 Å². The van der Waals surface area contributed by atoms with E-state index >= 15 is 4.39 Å². The number of hydrogen-bond donors (Lipinski definition) is 2. The quantitative estimate of drug-likeness (QED) is 0.434. The third-order valence-corrected chi connectivity index (χ3v) is 7.52. The van der Waals surface area contributed by atoms with Gasteiger partial charge in [-0.05, 0) is 23.8 Å². The highest BCUT2D eigenvalue weighted by atomic mass is 32.1. The maximum atomic E-state index is 16.0. The van der Waals surface area contributed by atoms with Crippen LogP contribution in [0.4, 0.5) is 10.1 Å². The number of amidine groups is 1. The smallest absolute Gasteiger partial charge is 0.328 e. The maximum Gasteiger partial charge on any atom is 0.328 e. The molecule has 3 aliphatic heterocycles. The number of anilines is 1. The number of halogens is 1. The molecule has 1 aromatic carbocycles. The van der Waals surface area contributed by atoms with Gasteiger partial charge in [-0.15, -0.1) is 11.3 Å². The summed E-state index contributed by atoms with van der Waals surface area (Å²) in [5, 5.41) is 14.7. The molecule has 0 saturated carbocycles. The average molecular weight is 510 g/mol. The summed E-state index contributed by atoms with van der Waals surface area (Å²) in [5.74, 6) is -1.56. The van der Waals surface area contributed by atoms with Gasteiger partial charge in [0.2, 0.25) is 0 Å². The van der Waals surface area contributed by atoms with Gasteiger partial charge in [0.25, 0.3) is 5.91 Å². The highest BCUT2D eigenvalue weighted by Crippen LogP contribution is 2.41. The Morgan fingerprint density at radius 3 is 2.97 bits per heavy atom. The number of likely N-dealkylation sites (tertiary alicyclic amines) is 1. The molecule has 2 unspecified atom stereocenters. The Balaban J connectivity index is 1.30. The lowest BCUT2D eigenvalue weighted by atomic mass is 9.85. The Kier molecular flexibility index (Phi) is 6.50.